The van der Waals surface area contributed by atoms with E-state index in [9.17, 15) is 0 Å². The third-order valence-corrected chi connectivity index (χ3v) is 4.01. The van der Waals surface area contributed by atoms with E-state index < -0.39 is 0 Å². The van der Waals surface area contributed by atoms with Gasteiger partial charge >= 0.3 is 0 Å². The lowest BCUT2D eigenvalue weighted by Gasteiger charge is -2.14. The molecular formula is C15H19BrN4O. The summed E-state index contributed by atoms with van der Waals surface area (Å²) in [7, 11) is 0. The predicted octanol–water partition coefficient (Wildman–Crippen LogP) is 4.06. The quantitative estimate of drug-likeness (QED) is 0.642. The summed E-state index contributed by atoms with van der Waals surface area (Å²) >= 11 is 3.48. The minimum Gasteiger partial charge on any atom is -0.439 e. The maximum atomic E-state index is 5.91. The summed E-state index contributed by atoms with van der Waals surface area (Å²) in [6.07, 6.45) is 0. The fourth-order valence-corrected chi connectivity index (χ4v) is 2.05. The molecule has 0 amide bonds. The van der Waals surface area contributed by atoms with E-state index in [4.69, 9.17) is 10.6 Å². The number of aryl methyl sites for hydroxylation is 1. The standard InChI is InChI=1S/C15H19BrN4O/c1-8(2)13-18-14(20-17)10(4)15(19-13)21-11-5-6-12(16)9(3)7-11/h5-8H,17H2,1-4H3,(H,18,19,20). The molecule has 0 saturated heterocycles. The summed E-state index contributed by atoms with van der Waals surface area (Å²) in [5.74, 6) is 8.23. The van der Waals surface area contributed by atoms with Crippen molar-refractivity contribution in [2.45, 2.75) is 33.6 Å². The van der Waals surface area contributed by atoms with E-state index in [-0.39, 0.29) is 5.92 Å². The molecule has 0 saturated carbocycles. The van der Waals surface area contributed by atoms with Crippen molar-refractivity contribution in [3.8, 4) is 11.6 Å². The van der Waals surface area contributed by atoms with Crippen LogP contribution >= 0.6 is 15.9 Å². The average molecular weight is 351 g/mol. The van der Waals surface area contributed by atoms with Crippen LogP contribution in [0.15, 0.2) is 22.7 Å². The third-order valence-electron chi connectivity index (χ3n) is 3.12. The van der Waals surface area contributed by atoms with Crippen molar-refractivity contribution in [1.82, 2.24) is 9.97 Å². The number of benzene rings is 1. The molecule has 0 spiro atoms. The molecule has 0 unspecified atom stereocenters. The zero-order chi connectivity index (χ0) is 15.6. The first kappa shape index (κ1) is 15.7. The van der Waals surface area contributed by atoms with Crippen molar-refractivity contribution in [3.63, 3.8) is 0 Å². The van der Waals surface area contributed by atoms with Gasteiger partial charge in [-0.05, 0) is 37.6 Å². The Balaban J connectivity index is 2.42. The second kappa shape index (κ2) is 6.41. The fourth-order valence-electron chi connectivity index (χ4n) is 1.80. The molecule has 1 aromatic heterocycles. The third kappa shape index (κ3) is 3.51. The fraction of sp³-hybridized carbons (Fsp3) is 0.333. The Bertz CT molecular complexity index is 658. The summed E-state index contributed by atoms with van der Waals surface area (Å²) in [6.45, 7) is 7.94. The molecule has 6 heteroatoms. The molecule has 0 radical (unpaired) electrons. The highest BCUT2D eigenvalue weighted by Crippen LogP contribution is 2.30. The molecule has 0 aliphatic carbocycles. The van der Waals surface area contributed by atoms with Crippen molar-refractivity contribution in [1.29, 1.82) is 0 Å². The molecular weight excluding hydrogens is 332 g/mol. The number of aromatic nitrogens is 2. The number of rotatable bonds is 4. The Hall–Kier alpha value is -1.66. The van der Waals surface area contributed by atoms with Gasteiger partial charge in [-0.1, -0.05) is 29.8 Å². The van der Waals surface area contributed by atoms with Gasteiger partial charge in [0.2, 0.25) is 5.88 Å². The second-order valence-electron chi connectivity index (χ2n) is 5.17. The molecule has 3 N–H and O–H groups in total. The molecule has 0 aliphatic heterocycles. The van der Waals surface area contributed by atoms with Crippen LogP contribution < -0.4 is 16.0 Å². The van der Waals surface area contributed by atoms with Crippen molar-refractivity contribution in [2.75, 3.05) is 5.43 Å². The molecule has 0 atom stereocenters. The van der Waals surface area contributed by atoms with Gasteiger partial charge in [-0.25, -0.2) is 10.8 Å². The van der Waals surface area contributed by atoms with E-state index in [1.54, 1.807) is 0 Å². The van der Waals surface area contributed by atoms with Crippen LogP contribution in [0.25, 0.3) is 0 Å². The van der Waals surface area contributed by atoms with E-state index in [0.717, 1.165) is 21.3 Å². The number of halogens is 1. The number of nitrogen functional groups attached to an aromatic ring is 1. The van der Waals surface area contributed by atoms with Crippen LogP contribution in [-0.2, 0) is 0 Å². The van der Waals surface area contributed by atoms with Gasteiger partial charge in [0.15, 0.2) is 5.82 Å². The van der Waals surface area contributed by atoms with Gasteiger partial charge in [0, 0.05) is 10.4 Å². The number of anilines is 1. The van der Waals surface area contributed by atoms with Crippen molar-refractivity contribution >= 4 is 21.7 Å². The summed E-state index contributed by atoms with van der Waals surface area (Å²) < 4.78 is 6.95. The number of hydrogen-bond donors (Lipinski definition) is 2. The van der Waals surface area contributed by atoms with Crippen molar-refractivity contribution < 1.29 is 4.74 Å². The largest absolute Gasteiger partial charge is 0.439 e. The number of nitrogens with zero attached hydrogens (tertiary/aromatic N) is 2. The molecule has 21 heavy (non-hydrogen) atoms. The monoisotopic (exact) mass is 350 g/mol. The number of hydrogen-bond acceptors (Lipinski definition) is 5. The zero-order valence-electron chi connectivity index (χ0n) is 12.6. The molecule has 0 bridgehead atoms. The SMILES string of the molecule is Cc1cc(Oc2nc(C(C)C)nc(NN)c2C)ccc1Br. The lowest BCUT2D eigenvalue weighted by atomic mass is 10.2. The lowest BCUT2D eigenvalue weighted by molar-refractivity contribution is 0.452. The van der Waals surface area contributed by atoms with Crippen molar-refractivity contribution in [3.05, 3.63) is 39.6 Å². The van der Waals surface area contributed by atoms with Crippen LogP contribution in [0.3, 0.4) is 0 Å². The number of ether oxygens (including phenoxy) is 1. The van der Waals surface area contributed by atoms with Crippen LogP contribution in [0.1, 0.15) is 36.7 Å². The molecule has 2 aromatic rings. The first-order valence-corrected chi connectivity index (χ1v) is 7.50. The van der Waals surface area contributed by atoms with Crippen LogP contribution in [-0.4, -0.2) is 9.97 Å². The highest BCUT2D eigenvalue weighted by Gasteiger charge is 2.14. The smallest absolute Gasteiger partial charge is 0.227 e. The Morgan fingerprint density at radius 3 is 2.52 bits per heavy atom. The topological polar surface area (TPSA) is 73.1 Å². The van der Waals surface area contributed by atoms with Gasteiger partial charge in [0.25, 0.3) is 0 Å². The first-order chi connectivity index (χ1) is 9.92. The first-order valence-electron chi connectivity index (χ1n) is 6.71. The normalized spacial score (nSPS) is 10.8. The van der Waals surface area contributed by atoms with E-state index in [2.05, 4.69) is 31.3 Å². The minimum absolute atomic E-state index is 0.187. The second-order valence-corrected chi connectivity index (χ2v) is 6.03. The van der Waals surface area contributed by atoms with Gasteiger partial charge in [-0.15, -0.1) is 0 Å². The van der Waals surface area contributed by atoms with Gasteiger partial charge in [0.1, 0.15) is 11.6 Å². The zero-order valence-corrected chi connectivity index (χ0v) is 14.2. The van der Waals surface area contributed by atoms with Crippen LogP contribution in [0.5, 0.6) is 11.6 Å². The maximum Gasteiger partial charge on any atom is 0.227 e. The molecule has 0 aliphatic rings. The molecule has 1 heterocycles. The van der Waals surface area contributed by atoms with E-state index in [1.165, 1.54) is 0 Å². The Labute approximate surface area is 133 Å². The number of hydrazine groups is 1. The summed E-state index contributed by atoms with van der Waals surface area (Å²) in [4.78, 5) is 8.88. The van der Waals surface area contributed by atoms with Gasteiger partial charge in [-0.3, -0.25) is 0 Å². The number of nitrogens with one attached hydrogen (secondary N) is 1. The Morgan fingerprint density at radius 1 is 1.24 bits per heavy atom. The Morgan fingerprint density at radius 2 is 1.95 bits per heavy atom. The van der Waals surface area contributed by atoms with Gasteiger partial charge in [-0.2, -0.15) is 4.98 Å². The highest BCUT2D eigenvalue weighted by molar-refractivity contribution is 9.10. The highest BCUT2D eigenvalue weighted by atomic mass is 79.9. The Kier molecular flexibility index (Phi) is 4.80. The molecule has 0 fully saturated rings. The molecule has 5 nitrogen and oxygen atoms in total. The van der Waals surface area contributed by atoms with Crippen molar-refractivity contribution in [2.24, 2.45) is 5.84 Å². The van der Waals surface area contributed by atoms with Gasteiger partial charge < -0.3 is 10.2 Å². The lowest BCUT2D eigenvalue weighted by Crippen LogP contribution is -2.13. The molecule has 2 rings (SSSR count). The molecule has 1 aromatic carbocycles. The van der Waals surface area contributed by atoms with E-state index in [1.807, 2.05) is 45.9 Å². The average Bonchev–Trinajstić information content (AvgIpc) is 2.44. The van der Waals surface area contributed by atoms with Crippen LogP contribution in [0.4, 0.5) is 5.82 Å². The number of nitrogens with two attached hydrogens (primary N) is 1. The van der Waals surface area contributed by atoms with E-state index >= 15 is 0 Å². The summed E-state index contributed by atoms with van der Waals surface area (Å²) in [5.41, 5.74) is 4.48. The predicted molar refractivity (Wildman–Crippen MR) is 87.6 cm³/mol. The summed E-state index contributed by atoms with van der Waals surface area (Å²) in [5, 5.41) is 0. The van der Waals surface area contributed by atoms with Gasteiger partial charge in [0.05, 0.1) is 5.56 Å². The maximum absolute atomic E-state index is 5.91. The van der Waals surface area contributed by atoms with E-state index in [0.29, 0.717) is 17.5 Å². The van der Waals surface area contributed by atoms with Crippen LogP contribution in [0.2, 0.25) is 0 Å². The molecule has 112 valence electrons. The van der Waals surface area contributed by atoms with Crippen LogP contribution in [0, 0.1) is 13.8 Å². The minimum atomic E-state index is 0.187. The summed E-state index contributed by atoms with van der Waals surface area (Å²) in [6, 6.07) is 5.80.